The Hall–Kier alpha value is -2.35. The quantitative estimate of drug-likeness (QED) is 0.164. The molecule has 3 rings (SSSR count). The lowest BCUT2D eigenvalue weighted by Gasteiger charge is -2.24. The van der Waals surface area contributed by atoms with E-state index in [2.05, 4.69) is 21.7 Å². The van der Waals surface area contributed by atoms with Gasteiger partial charge in [-0.25, -0.2) is 4.89 Å². The van der Waals surface area contributed by atoms with Crippen LogP contribution in [0, 0.1) is 0 Å². The van der Waals surface area contributed by atoms with E-state index in [1.54, 1.807) is 31.2 Å². The van der Waals surface area contributed by atoms with Gasteiger partial charge in [0.05, 0.1) is 30.9 Å². The maximum atomic E-state index is 12.6. The molecule has 1 aliphatic rings. The summed E-state index contributed by atoms with van der Waals surface area (Å²) in [6.07, 6.45) is 8.35. The van der Waals surface area contributed by atoms with Crippen LogP contribution >= 0.6 is 19.2 Å². The molecule has 0 amide bonds. The predicted octanol–water partition coefficient (Wildman–Crippen LogP) is 5.27. The van der Waals surface area contributed by atoms with Crippen molar-refractivity contribution in [3.05, 3.63) is 41.6 Å². The Bertz CT molecular complexity index is 1030. The molecule has 1 aromatic heterocycles. The first-order valence-corrected chi connectivity index (χ1v) is 15.1. The number of allylic oxidation sites excluding steroid dienone is 2. The Morgan fingerprint density at radius 2 is 1.94 bits per heavy atom. The molecule has 0 radical (unpaired) electrons. The molecule has 0 saturated heterocycles. The fourth-order valence-electron chi connectivity index (χ4n) is 3.73. The third kappa shape index (κ3) is 8.37. The van der Waals surface area contributed by atoms with Gasteiger partial charge in [-0.2, -0.15) is 4.37 Å². The molecule has 1 aliphatic heterocycles. The zero-order valence-corrected chi connectivity index (χ0v) is 22.1. The summed E-state index contributed by atoms with van der Waals surface area (Å²) < 4.78 is 25.4. The lowest BCUT2D eigenvalue weighted by atomic mass is 10.1. The summed E-state index contributed by atoms with van der Waals surface area (Å²) in [5, 5.41) is 0. The molecule has 0 spiro atoms. The molecular weight excluding hydrogens is 487 g/mol. The molecular formula is C25H34N2O6PS+. The number of carbonyl (C=O) groups excluding carboxylic acids is 2. The molecule has 190 valence electrons. The topological polar surface area (TPSA) is 108 Å². The third-order valence-corrected chi connectivity index (χ3v) is 8.83. The normalized spacial score (nSPS) is 17.5. The number of ether oxygens (including phenoxy) is 3. The first kappa shape index (κ1) is 27.2. The maximum Gasteiger partial charge on any atom is 0.313 e. The highest BCUT2D eigenvalue weighted by atomic mass is 32.1. The zero-order valence-electron chi connectivity index (χ0n) is 20.4. The summed E-state index contributed by atoms with van der Waals surface area (Å²) >= 11 is 1.10. The lowest BCUT2D eigenvalue weighted by molar-refractivity contribution is -0.141. The van der Waals surface area contributed by atoms with Crippen molar-refractivity contribution < 1.29 is 28.7 Å². The van der Waals surface area contributed by atoms with Gasteiger partial charge in [0.2, 0.25) is 6.35 Å². The molecule has 0 fully saturated rings. The van der Waals surface area contributed by atoms with E-state index in [4.69, 9.17) is 14.2 Å². The summed E-state index contributed by atoms with van der Waals surface area (Å²) in [7, 11) is -2.53. The number of rotatable bonds is 13. The van der Waals surface area contributed by atoms with Crippen LogP contribution in [0.2, 0.25) is 0 Å². The van der Waals surface area contributed by atoms with Gasteiger partial charge in [-0.15, -0.1) is 4.37 Å². The minimum Gasteiger partial charge on any atom is -0.475 e. The average Bonchev–Trinajstić information content (AvgIpc) is 3.32. The number of unbranched alkanes of at least 4 members (excludes halogenated alkanes) is 3. The molecule has 1 atom stereocenters. The van der Waals surface area contributed by atoms with Gasteiger partial charge < -0.3 is 14.2 Å². The average molecular weight is 522 g/mol. The molecule has 1 unspecified atom stereocenters. The molecule has 2 heterocycles. The summed E-state index contributed by atoms with van der Waals surface area (Å²) in [6, 6.07) is 6.90. The monoisotopic (exact) mass is 521 g/mol. The molecule has 0 saturated carbocycles. The van der Waals surface area contributed by atoms with Crippen molar-refractivity contribution in [2.45, 2.75) is 58.8 Å². The number of esters is 2. The molecule has 0 aliphatic carbocycles. The summed E-state index contributed by atoms with van der Waals surface area (Å²) in [4.78, 5) is 35.5. The highest BCUT2D eigenvalue weighted by Crippen LogP contribution is 2.60. The van der Waals surface area contributed by atoms with Gasteiger partial charge in [-0.3, -0.25) is 9.59 Å². The fourth-order valence-corrected chi connectivity index (χ4v) is 6.55. The second kappa shape index (κ2) is 13.7. The van der Waals surface area contributed by atoms with Crippen molar-refractivity contribution in [1.82, 2.24) is 8.75 Å². The Morgan fingerprint density at radius 1 is 1.11 bits per heavy atom. The van der Waals surface area contributed by atoms with E-state index in [1.165, 1.54) is 12.8 Å². The van der Waals surface area contributed by atoms with E-state index in [-0.39, 0.29) is 25.2 Å². The molecule has 35 heavy (non-hydrogen) atoms. The Morgan fingerprint density at radius 3 is 2.74 bits per heavy atom. The summed E-state index contributed by atoms with van der Waals surface area (Å²) in [5.74, 6) is 0.0294. The second-order valence-electron chi connectivity index (χ2n) is 8.58. The van der Waals surface area contributed by atoms with Gasteiger partial charge in [0.25, 0.3) is 5.88 Å². The minimum absolute atomic E-state index is 0.0230. The van der Waals surface area contributed by atoms with Gasteiger partial charge in [-0.1, -0.05) is 57.4 Å². The van der Waals surface area contributed by atoms with E-state index >= 15 is 0 Å². The van der Waals surface area contributed by atoms with Crippen LogP contribution in [0.25, 0.3) is 5.57 Å². The molecule has 10 heteroatoms. The summed E-state index contributed by atoms with van der Waals surface area (Å²) in [6.45, 7) is 4.47. The van der Waals surface area contributed by atoms with E-state index in [0.29, 0.717) is 48.2 Å². The lowest BCUT2D eigenvalue weighted by Crippen LogP contribution is -2.18. The largest absolute Gasteiger partial charge is 0.475 e. The maximum absolute atomic E-state index is 12.6. The van der Waals surface area contributed by atoms with Crippen LogP contribution in [0.15, 0.2) is 30.3 Å². The van der Waals surface area contributed by atoms with Crippen molar-refractivity contribution in [3.63, 3.8) is 0 Å². The number of carbonyl (C=O) groups is 2. The van der Waals surface area contributed by atoms with Crippen LogP contribution in [0.4, 0.5) is 0 Å². The molecule has 1 aromatic carbocycles. The van der Waals surface area contributed by atoms with Gasteiger partial charge in [0.15, 0.2) is 7.49 Å². The molecule has 1 N–H and O–H groups in total. The minimum atomic E-state index is -2.53. The molecule has 8 nitrogen and oxygen atoms in total. The van der Waals surface area contributed by atoms with Crippen LogP contribution in [-0.2, 0) is 20.7 Å². The van der Waals surface area contributed by atoms with Crippen LogP contribution in [0.5, 0.6) is 11.6 Å². The van der Waals surface area contributed by atoms with E-state index < -0.39 is 13.5 Å². The fraction of sp³-hybridized carbons (Fsp3) is 0.520. The van der Waals surface area contributed by atoms with E-state index in [0.717, 1.165) is 30.1 Å². The highest BCUT2D eigenvalue weighted by Gasteiger charge is 2.42. The highest BCUT2D eigenvalue weighted by molar-refractivity contribution is 7.70. The van der Waals surface area contributed by atoms with Crippen molar-refractivity contribution in [1.29, 1.82) is 0 Å². The molecule has 2 aromatic rings. The Balaban J connectivity index is 1.55. The van der Waals surface area contributed by atoms with E-state index in [1.807, 2.05) is 0 Å². The van der Waals surface area contributed by atoms with Gasteiger partial charge in [0.1, 0.15) is 17.6 Å². The van der Waals surface area contributed by atoms with Crippen molar-refractivity contribution in [2.75, 3.05) is 25.3 Å². The summed E-state index contributed by atoms with van der Waals surface area (Å²) in [5.41, 5.74) is 2.15. The van der Waals surface area contributed by atoms with Gasteiger partial charge in [-0.05, 0) is 12.5 Å². The number of nitrogens with zero attached hydrogens (tertiary/aromatic N) is 2. The van der Waals surface area contributed by atoms with Crippen LogP contribution in [0.3, 0.4) is 0 Å². The van der Waals surface area contributed by atoms with Crippen LogP contribution in [-0.4, -0.2) is 50.9 Å². The van der Waals surface area contributed by atoms with Crippen molar-refractivity contribution in [3.8, 4) is 11.6 Å². The standard InChI is InChI=1S/C25H34N2O6PS/c1-3-5-6-9-14-31-25-24(26-35-27-25)20-12-10-15-34(30,17-20)18-32-23(29)16-19-11-7-8-13-21(19)33-22(28)4-2/h7-8,11-13,30H,3-6,9-10,14-18H2,1-2H3/q+1. The first-order chi connectivity index (χ1) is 16.9. The molecule has 0 bridgehead atoms. The van der Waals surface area contributed by atoms with Crippen LogP contribution < -0.4 is 9.47 Å². The van der Waals surface area contributed by atoms with Gasteiger partial charge >= 0.3 is 11.9 Å². The number of hydrogen-bond donors (Lipinski definition) is 1. The van der Waals surface area contributed by atoms with Crippen molar-refractivity contribution >= 4 is 36.7 Å². The number of para-hydroxylation sites is 1. The Kier molecular flexibility index (Phi) is 10.6. The van der Waals surface area contributed by atoms with E-state index in [9.17, 15) is 14.5 Å². The van der Waals surface area contributed by atoms with Gasteiger partial charge in [0, 0.05) is 24.0 Å². The number of benzene rings is 1. The Labute approximate surface area is 211 Å². The van der Waals surface area contributed by atoms with Crippen molar-refractivity contribution in [2.24, 2.45) is 0 Å². The zero-order chi connectivity index (χ0) is 25.1. The number of hydrogen-bond acceptors (Lipinski definition) is 9. The smallest absolute Gasteiger partial charge is 0.313 e. The SMILES string of the molecule is CCCCCCOc1nsnc1C1=CCC[P+](O)(COC(=O)Cc2ccccc2OC(=O)CC)C1. The number of aromatic nitrogens is 2. The first-order valence-electron chi connectivity index (χ1n) is 12.1. The predicted molar refractivity (Wildman–Crippen MR) is 138 cm³/mol. The third-order valence-electron chi connectivity index (χ3n) is 5.69. The second-order valence-corrected chi connectivity index (χ2v) is 12.3. The van der Waals surface area contributed by atoms with Crippen LogP contribution in [0.1, 0.15) is 63.6 Å².